The number of aromatic nitrogens is 3. The number of ether oxygens (including phenoxy) is 2. The molecule has 0 fully saturated rings. The zero-order chi connectivity index (χ0) is 22.8. The third kappa shape index (κ3) is 3.84. The maximum atomic E-state index is 13.3. The Morgan fingerprint density at radius 3 is 2.44 bits per heavy atom. The molecule has 166 valence electrons. The number of para-hydroxylation sites is 2. The third-order valence-electron chi connectivity index (χ3n) is 5.40. The van der Waals surface area contributed by atoms with Gasteiger partial charge >= 0.3 is 5.76 Å². The SMILES string of the molecule is COc1cc(OC)cc(C(NC(=O)C(C)n2c(=O)oc3ccccc32)c2nccn2C)c1. The summed E-state index contributed by atoms with van der Waals surface area (Å²) in [5, 5.41) is 3.02. The molecule has 0 bridgehead atoms. The molecule has 4 aromatic rings. The van der Waals surface area contributed by atoms with Crippen LogP contribution < -0.4 is 20.5 Å². The van der Waals surface area contributed by atoms with Crippen LogP contribution in [0.5, 0.6) is 11.5 Å². The first-order valence-corrected chi connectivity index (χ1v) is 10.0. The van der Waals surface area contributed by atoms with Crippen molar-refractivity contribution < 1.29 is 18.7 Å². The minimum absolute atomic E-state index is 0.367. The van der Waals surface area contributed by atoms with Crippen molar-refractivity contribution >= 4 is 17.0 Å². The molecule has 2 atom stereocenters. The van der Waals surface area contributed by atoms with E-state index >= 15 is 0 Å². The van der Waals surface area contributed by atoms with Gasteiger partial charge in [-0.3, -0.25) is 9.36 Å². The van der Waals surface area contributed by atoms with Gasteiger partial charge in [-0.1, -0.05) is 12.1 Å². The number of carbonyl (C=O) groups is 1. The number of nitrogens with one attached hydrogen (secondary N) is 1. The van der Waals surface area contributed by atoms with E-state index in [9.17, 15) is 9.59 Å². The van der Waals surface area contributed by atoms with E-state index in [0.717, 1.165) is 5.56 Å². The second-order valence-electron chi connectivity index (χ2n) is 7.37. The summed E-state index contributed by atoms with van der Waals surface area (Å²) in [6.07, 6.45) is 3.45. The monoisotopic (exact) mass is 436 g/mol. The Balaban J connectivity index is 1.73. The van der Waals surface area contributed by atoms with Gasteiger partial charge in [0.1, 0.15) is 29.4 Å². The average Bonchev–Trinajstić information content (AvgIpc) is 3.38. The van der Waals surface area contributed by atoms with Gasteiger partial charge in [0, 0.05) is 25.5 Å². The van der Waals surface area contributed by atoms with Crippen LogP contribution >= 0.6 is 0 Å². The lowest BCUT2D eigenvalue weighted by atomic mass is 10.0. The van der Waals surface area contributed by atoms with Crippen LogP contribution in [0, 0.1) is 0 Å². The molecule has 0 radical (unpaired) electrons. The van der Waals surface area contributed by atoms with Crippen LogP contribution in [0.15, 0.2) is 64.1 Å². The number of amides is 1. The lowest BCUT2D eigenvalue weighted by Gasteiger charge is -2.22. The molecule has 0 aliphatic heterocycles. The van der Waals surface area contributed by atoms with Crippen LogP contribution in [-0.4, -0.2) is 34.2 Å². The molecule has 0 saturated heterocycles. The molecule has 2 unspecified atom stereocenters. The van der Waals surface area contributed by atoms with Crippen LogP contribution in [-0.2, 0) is 11.8 Å². The van der Waals surface area contributed by atoms with Gasteiger partial charge in [-0.05, 0) is 36.8 Å². The van der Waals surface area contributed by atoms with Crippen molar-refractivity contribution in [1.29, 1.82) is 0 Å². The molecule has 0 aliphatic rings. The van der Waals surface area contributed by atoms with Crippen molar-refractivity contribution in [2.24, 2.45) is 7.05 Å². The fraction of sp³-hybridized carbons (Fsp3) is 0.261. The second-order valence-corrected chi connectivity index (χ2v) is 7.37. The van der Waals surface area contributed by atoms with Gasteiger partial charge in [0.25, 0.3) is 0 Å². The van der Waals surface area contributed by atoms with E-state index in [1.165, 1.54) is 4.57 Å². The number of rotatable bonds is 7. The number of hydrogen-bond donors (Lipinski definition) is 1. The number of nitrogens with zero attached hydrogens (tertiary/aromatic N) is 3. The lowest BCUT2D eigenvalue weighted by molar-refractivity contribution is -0.124. The first kappa shape index (κ1) is 21.2. The van der Waals surface area contributed by atoms with E-state index in [-0.39, 0.29) is 5.91 Å². The number of aryl methyl sites for hydroxylation is 1. The van der Waals surface area contributed by atoms with Gasteiger partial charge in [0.2, 0.25) is 5.91 Å². The van der Waals surface area contributed by atoms with E-state index in [1.54, 1.807) is 63.9 Å². The molecule has 32 heavy (non-hydrogen) atoms. The van der Waals surface area contributed by atoms with Crippen LogP contribution in [0.3, 0.4) is 0 Å². The Morgan fingerprint density at radius 2 is 1.81 bits per heavy atom. The molecule has 2 aromatic carbocycles. The zero-order valence-corrected chi connectivity index (χ0v) is 18.2. The number of benzene rings is 2. The molecule has 2 heterocycles. The van der Waals surface area contributed by atoms with E-state index in [0.29, 0.717) is 28.4 Å². The highest BCUT2D eigenvalue weighted by molar-refractivity contribution is 5.83. The summed E-state index contributed by atoms with van der Waals surface area (Å²) in [5.74, 6) is 0.819. The number of fused-ring (bicyclic) bond motifs is 1. The quantitative estimate of drug-likeness (QED) is 0.478. The predicted molar refractivity (Wildman–Crippen MR) is 118 cm³/mol. The summed E-state index contributed by atoms with van der Waals surface area (Å²) in [5.41, 5.74) is 1.70. The van der Waals surface area contributed by atoms with Crippen molar-refractivity contribution in [2.75, 3.05) is 14.2 Å². The van der Waals surface area contributed by atoms with Gasteiger partial charge in [-0.2, -0.15) is 0 Å². The molecule has 4 rings (SSSR count). The normalized spacial score (nSPS) is 13.0. The van der Waals surface area contributed by atoms with Crippen molar-refractivity contribution in [1.82, 2.24) is 19.4 Å². The third-order valence-corrected chi connectivity index (χ3v) is 5.40. The summed E-state index contributed by atoms with van der Waals surface area (Å²) in [6, 6.07) is 10.9. The zero-order valence-electron chi connectivity index (χ0n) is 18.2. The molecular weight excluding hydrogens is 412 g/mol. The van der Waals surface area contributed by atoms with E-state index in [4.69, 9.17) is 13.9 Å². The molecule has 9 nitrogen and oxygen atoms in total. The van der Waals surface area contributed by atoms with Crippen molar-refractivity contribution in [2.45, 2.75) is 19.0 Å². The molecule has 1 N–H and O–H groups in total. The number of oxazole rings is 1. The number of carbonyl (C=O) groups excluding carboxylic acids is 1. The average molecular weight is 436 g/mol. The maximum absolute atomic E-state index is 13.3. The standard InChI is InChI=1S/C23H24N4O5/c1-14(27-18-7-5-6-8-19(18)32-23(27)29)22(28)25-20(21-24-9-10-26(21)2)15-11-16(30-3)13-17(12-15)31-4/h5-14,20H,1-4H3,(H,25,28). The van der Waals surface area contributed by atoms with Crippen LogP contribution in [0.2, 0.25) is 0 Å². The Bertz CT molecular complexity index is 1300. The van der Waals surface area contributed by atoms with E-state index < -0.39 is 17.8 Å². The van der Waals surface area contributed by atoms with E-state index in [1.807, 2.05) is 23.7 Å². The first-order valence-electron chi connectivity index (χ1n) is 10.0. The van der Waals surface area contributed by atoms with Gasteiger partial charge in [-0.25, -0.2) is 9.78 Å². The lowest BCUT2D eigenvalue weighted by Crippen LogP contribution is -2.38. The van der Waals surface area contributed by atoms with Crippen molar-refractivity contribution in [3.05, 3.63) is 76.8 Å². The molecule has 0 saturated carbocycles. The fourth-order valence-corrected chi connectivity index (χ4v) is 3.68. The van der Waals surface area contributed by atoms with Crippen molar-refractivity contribution in [3.8, 4) is 11.5 Å². The van der Waals surface area contributed by atoms with Crippen molar-refractivity contribution in [3.63, 3.8) is 0 Å². The van der Waals surface area contributed by atoms with Crippen LogP contribution in [0.1, 0.15) is 30.4 Å². The Morgan fingerprint density at radius 1 is 1.12 bits per heavy atom. The van der Waals surface area contributed by atoms with Crippen LogP contribution in [0.4, 0.5) is 0 Å². The molecule has 0 spiro atoms. The minimum Gasteiger partial charge on any atom is -0.497 e. The fourth-order valence-electron chi connectivity index (χ4n) is 3.68. The molecular formula is C23H24N4O5. The van der Waals surface area contributed by atoms with Gasteiger partial charge in [0.15, 0.2) is 5.58 Å². The van der Waals surface area contributed by atoms with Crippen LogP contribution in [0.25, 0.3) is 11.1 Å². The first-order chi connectivity index (χ1) is 15.4. The topological polar surface area (TPSA) is 101 Å². The highest BCUT2D eigenvalue weighted by Crippen LogP contribution is 2.30. The van der Waals surface area contributed by atoms with Gasteiger partial charge in [-0.15, -0.1) is 0 Å². The Hall–Kier alpha value is -4.01. The number of imidazole rings is 1. The number of hydrogen-bond acceptors (Lipinski definition) is 6. The second kappa shape index (κ2) is 8.62. The Labute approximate surface area is 184 Å². The van der Waals surface area contributed by atoms with E-state index in [2.05, 4.69) is 10.3 Å². The predicted octanol–water partition coefficient (Wildman–Crippen LogP) is 2.81. The number of methoxy groups -OCH3 is 2. The summed E-state index contributed by atoms with van der Waals surface area (Å²) < 4.78 is 19.2. The Kier molecular flexibility index (Phi) is 5.72. The summed E-state index contributed by atoms with van der Waals surface area (Å²) >= 11 is 0. The minimum atomic E-state index is -0.818. The van der Waals surface area contributed by atoms with Gasteiger partial charge < -0.3 is 23.8 Å². The highest BCUT2D eigenvalue weighted by Gasteiger charge is 2.27. The smallest absolute Gasteiger partial charge is 0.420 e. The maximum Gasteiger partial charge on any atom is 0.420 e. The molecule has 1 amide bonds. The summed E-state index contributed by atoms with van der Waals surface area (Å²) in [7, 11) is 4.97. The summed E-state index contributed by atoms with van der Waals surface area (Å²) in [6.45, 7) is 1.65. The highest BCUT2D eigenvalue weighted by atomic mass is 16.5. The van der Waals surface area contributed by atoms with Gasteiger partial charge in [0.05, 0.1) is 19.7 Å². The molecule has 9 heteroatoms. The molecule has 2 aromatic heterocycles. The largest absolute Gasteiger partial charge is 0.497 e. The summed E-state index contributed by atoms with van der Waals surface area (Å²) in [4.78, 5) is 30.2. The molecule has 0 aliphatic carbocycles.